The van der Waals surface area contributed by atoms with Crippen molar-refractivity contribution in [2.45, 2.75) is 58.5 Å². The Labute approximate surface area is 136 Å². The molecule has 2 rings (SSSR count). The van der Waals surface area contributed by atoms with Gasteiger partial charge in [-0.25, -0.2) is 0 Å². The van der Waals surface area contributed by atoms with Crippen LogP contribution in [0.1, 0.15) is 51.5 Å². The molecule has 1 unspecified atom stereocenters. The summed E-state index contributed by atoms with van der Waals surface area (Å²) in [6.45, 7) is 5.42. The molecular weight excluding hydrogens is 324 g/mol. The van der Waals surface area contributed by atoms with Gasteiger partial charge in [-0.2, -0.15) is 0 Å². The minimum Gasteiger partial charge on any atom is -0.310 e. The molecule has 1 aromatic carbocycles. The predicted molar refractivity (Wildman–Crippen MR) is 94.5 cm³/mol. The zero-order valence-corrected chi connectivity index (χ0v) is 14.6. The molecule has 1 heterocycles. The summed E-state index contributed by atoms with van der Waals surface area (Å²) in [5.41, 5.74) is 2.39. The second kappa shape index (κ2) is 8.50. The van der Waals surface area contributed by atoms with E-state index in [-0.39, 0.29) is 0 Å². The first-order valence-electron chi connectivity index (χ1n) is 8.01. The van der Waals surface area contributed by atoms with E-state index in [2.05, 4.69) is 58.3 Å². The molecule has 2 aromatic rings. The van der Waals surface area contributed by atoms with Gasteiger partial charge in [0.25, 0.3) is 0 Å². The number of hydrogen-bond acceptors (Lipinski definition) is 2. The number of fused-ring (bicyclic) bond motifs is 1. The molecule has 0 saturated carbocycles. The zero-order chi connectivity index (χ0) is 15.1. The molecule has 0 saturated heterocycles. The van der Waals surface area contributed by atoms with Gasteiger partial charge in [0, 0.05) is 28.6 Å². The smallest absolute Gasteiger partial charge is 0.0758 e. The van der Waals surface area contributed by atoms with Gasteiger partial charge in [-0.1, -0.05) is 61.2 Å². The van der Waals surface area contributed by atoms with E-state index in [0.717, 1.165) is 16.5 Å². The van der Waals surface area contributed by atoms with Crippen molar-refractivity contribution in [3.8, 4) is 0 Å². The number of nitrogens with zero attached hydrogens (tertiary/aromatic N) is 1. The summed E-state index contributed by atoms with van der Waals surface area (Å²) in [6.07, 6.45) is 8.20. The van der Waals surface area contributed by atoms with Crippen LogP contribution in [0.15, 0.2) is 34.9 Å². The van der Waals surface area contributed by atoms with E-state index in [0.29, 0.717) is 6.04 Å². The molecule has 0 radical (unpaired) electrons. The van der Waals surface area contributed by atoms with Gasteiger partial charge in [-0.05, 0) is 30.5 Å². The lowest BCUT2D eigenvalue weighted by molar-refractivity contribution is 0.434. The molecule has 0 aliphatic carbocycles. The normalized spacial score (nSPS) is 12.7. The number of unbranched alkanes of at least 4 members (excludes halogenated alkanes) is 1. The van der Waals surface area contributed by atoms with E-state index in [1.54, 1.807) is 0 Å². The molecule has 1 atom stereocenters. The van der Waals surface area contributed by atoms with Gasteiger partial charge >= 0.3 is 0 Å². The molecule has 0 amide bonds. The number of benzene rings is 1. The van der Waals surface area contributed by atoms with Crippen molar-refractivity contribution >= 4 is 26.8 Å². The average molecular weight is 349 g/mol. The van der Waals surface area contributed by atoms with Crippen LogP contribution in [0.25, 0.3) is 10.9 Å². The van der Waals surface area contributed by atoms with E-state index in [9.17, 15) is 0 Å². The number of pyridine rings is 1. The van der Waals surface area contributed by atoms with Crippen LogP contribution in [0.2, 0.25) is 0 Å². The van der Waals surface area contributed by atoms with Gasteiger partial charge in [0.2, 0.25) is 0 Å². The second-order valence-electron chi connectivity index (χ2n) is 5.61. The van der Waals surface area contributed by atoms with Crippen LogP contribution in [-0.4, -0.2) is 11.0 Å². The number of halogens is 1. The van der Waals surface area contributed by atoms with Crippen LogP contribution >= 0.6 is 15.9 Å². The van der Waals surface area contributed by atoms with E-state index < -0.39 is 0 Å². The number of aromatic nitrogens is 1. The van der Waals surface area contributed by atoms with E-state index >= 15 is 0 Å². The summed E-state index contributed by atoms with van der Waals surface area (Å²) in [5, 5.41) is 4.92. The Morgan fingerprint density at radius 2 is 2.00 bits per heavy atom. The third-order valence-corrected chi connectivity index (χ3v) is 4.62. The van der Waals surface area contributed by atoms with Crippen molar-refractivity contribution in [2.24, 2.45) is 0 Å². The van der Waals surface area contributed by atoms with Crippen molar-refractivity contribution in [2.75, 3.05) is 0 Å². The number of nitrogens with one attached hydrogen (secondary N) is 1. The second-order valence-corrected chi connectivity index (χ2v) is 6.47. The highest BCUT2D eigenvalue weighted by Crippen LogP contribution is 2.25. The monoisotopic (exact) mass is 348 g/mol. The topological polar surface area (TPSA) is 24.9 Å². The molecule has 0 fully saturated rings. The van der Waals surface area contributed by atoms with Crippen LogP contribution < -0.4 is 5.32 Å². The quantitative estimate of drug-likeness (QED) is 0.686. The minimum absolute atomic E-state index is 0.623. The Morgan fingerprint density at radius 3 is 2.76 bits per heavy atom. The highest BCUT2D eigenvalue weighted by molar-refractivity contribution is 9.10. The molecule has 0 aliphatic heterocycles. The standard InChI is InChI=1S/C18H25BrN2/c1-3-5-8-15(7-4-2)21-13-14-10-11-17(19)16-9-6-12-20-18(14)16/h6,9-12,15,21H,3-5,7-8,13H2,1-2H3. The maximum Gasteiger partial charge on any atom is 0.0758 e. The SMILES string of the molecule is CCCCC(CCC)NCc1ccc(Br)c2cccnc12. The molecule has 114 valence electrons. The predicted octanol–water partition coefficient (Wildman–Crippen LogP) is 5.45. The maximum atomic E-state index is 4.56. The highest BCUT2D eigenvalue weighted by atomic mass is 79.9. The first kappa shape index (κ1) is 16.4. The summed E-state index contributed by atoms with van der Waals surface area (Å²) in [5.74, 6) is 0. The van der Waals surface area contributed by atoms with Crippen molar-refractivity contribution in [3.05, 3.63) is 40.5 Å². The summed E-state index contributed by atoms with van der Waals surface area (Å²) < 4.78 is 1.12. The Kier molecular flexibility index (Phi) is 6.65. The third-order valence-electron chi connectivity index (χ3n) is 3.92. The van der Waals surface area contributed by atoms with Gasteiger partial charge in [0.1, 0.15) is 0 Å². The number of rotatable bonds is 8. The van der Waals surface area contributed by atoms with Crippen LogP contribution in [0.3, 0.4) is 0 Å². The zero-order valence-electron chi connectivity index (χ0n) is 13.0. The summed E-state index contributed by atoms with van der Waals surface area (Å²) >= 11 is 3.61. The first-order valence-corrected chi connectivity index (χ1v) is 8.81. The molecule has 0 spiro atoms. The van der Waals surface area contributed by atoms with Crippen molar-refractivity contribution in [3.63, 3.8) is 0 Å². The molecule has 21 heavy (non-hydrogen) atoms. The van der Waals surface area contributed by atoms with E-state index in [1.807, 2.05) is 12.3 Å². The third kappa shape index (κ3) is 4.52. The van der Waals surface area contributed by atoms with Gasteiger partial charge in [0.05, 0.1) is 5.52 Å². The highest BCUT2D eigenvalue weighted by Gasteiger charge is 2.09. The average Bonchev–Trinajstić information content (AvgIpc) is 2.52. The fourth-order valence-electron chi connectivity index (χ4n) is 2.74. The van der Waals surface area contributed by atoms with Crippen LogP contribution in [-0.2, 0) is 6.54 Å². The fourth-order valence-corrected chi connectivity index (χ4v) is 3.19. The van der Waals surface area contributed by atoms with Crippen molar-refractivity contribution in [1.82, 2.24) is 10.3 Å². The minimum atomic E-state index is 0.623. The van der Waals surface area contributed by atoms with Crippen molar-refractivity contribution in [1.29, 1.82) is 0 Å². The first-order chi connectivity index (χ1) is 10.3. The van der Waals surface area contributed by atoms with Gasteiger partial charge in [-0.15, -0.1) is 0 Å². The molecule has 1 N–H and O–H groups in total. The molecule has 3 heteroatoms. The maximum absolute atomic E-state index is 4.56. The lowest BCUT2D eigenvalue weighted by Crippen LogP contribution is -2.28. The Morgan fingerprint density at radius 1 is 1.14 bits per heavy atom. The molecule has 0 aliphatic rings. The Balaban J connectivity index is 2.10. The largest absolute Gasteiger partial charge is 0.310 e. The fraction of sp³-hybridized carbons (Fsp3) is 0.500. The summed E-state index contributed by atoms with van der Waals surface area (Å²) in [7, 11) is 0. The van der Waals surface area contributed by atoms with Gasteiger partial charge in [-0.3, -0.25) is 4.98 Å². The van der Waals surface area contributed by atoms with E-state index in [1.165, 1.54) is 43.1 Å². The molecule has 1 aromatic heterocycles. The molecule has 0 bridgehead atoms. The molecular formula is C18H25BrN2. The Hall–Kier alpha value is -0.930. The van der Waals surface area contributed by atoms with Crippen LogP contribution in [0, 0.1) is 0 Å². The molecule has 2 nitrogen and oxygen atoms in total. The van der Waals surface area contributed by atoms with Crippen molar-refractivity contribution < 1.29 is 0 Å². The number of hydrogen-bond donors (Lipinski definition) is 1. The lowest BCUT2D eigenvalue weighted by Gasteiger charge is -2.18. The van der Waals surface area contributed by atoms with Gasteiger partial charge in [0.15, 0.2) is 0 Å². The van der Waals surface area contributed by atoms with E-state index in [4.69, 9.17) is 0 Å². The van der Waals surface area contributed by atoms with Crippen LogP contribution in [0.4, 0.5) is 0 Å². The Bertz CT molecular complexity index is 568. The van der Waals surface area contributed by atoms with Gasteiger partial charge < -0.3 is 5.32 Å². The van der Waals surface area contributed by atoms with Crippen LogP contribution in [0.5, 0.6) is 0 Å². The summed E-state index contributed by atoms with van der Waals surface area (Å²) in [4.78, 5) is 4.56. The lowest BCUT2D eigenvalue weighted by atomic mass is 10.0. The summed E-state index contributed by atoms with van der Waals surface area (Å²) in [6, 6.07) is 9.04.